The van der Waals surface area contributed by atoms with Crippen LogP contribution >= 0.6 is 0 Å². The SMILES string of the molecule is COc1cc(C(=O)NC[C@](O)(c2cc3c(c(-c4ccc5c(c4)OCCO5)n2)OC[C@]3(C)C(N)=O)C(F)(F)F)cc2cn(C3CC3)nc12. The molecule has 2 aliphatic heterocycles. The number of nitrogens with two attached hydrogens (primary N) is 1. The minimum Gasteiger partial charge on any atom is -0.494 e. The Morgan fingerprint density at radius 2 is 1.87 bits per heavy atom. The van der Waals surface area contributed by atoms with Crippen molar-refractivity contribution >= 4 is 22.7 Å². The molecule has 4 aromatic rings. The zero-order valence-corrected chi connectivity index (χ0v) is 25.3. The second-order valence-corrected chi connectivity index (χ2v) is 12.1. The zero-order valence-electron chi connectivity index (χ0n) is 25.3. The van der Waals surface area contributed by atoms with E-state index in [1.165, 1.54) is 32.2 Å². The van der Waals surface area contributed by atoms with Gasteiger partial charge in [0, 0.05) is 28.3 Å². The van der Waals surface area contributed by atoms with Gasteiger partial charge in [-0.05, 0) is 56.2 Å². The van der Waals surface area contributed by atoms with Crippen molar-refractivity contribution in [2.75, 3.05) is 33.5 Å². The highest BCUT2D eigenvalue weighted by Crippen LogP contribution is 2.49. The average Bonchev–Trinajstić information content (AvgIpc) is 3.72. The monoisotopic (exact) mass is 653 g/mol. The first-order valence-electron chi connectivity index (χ1n) is 14.9. The highest BCUT2D eigenvalue weighted by molar-refractivity contribution is 6.00. The summed E-state index contributed by atoms with van der Waals surface area (Å²) in [6.07, 6.45) is -1.64. The first-order valence-corrected chi connectivity index (χ1v) is 14.9. The first-order chi connectivity index (χ1) is 22.3. The summed E-state index contributed by atoms with van der Waals surface area (Å²) in [6.45, 7) is 0.445. The fourth-order valence-electron chi connectivity index (χ4n) is 5.77. The lowest BCUT2D eigenvalue weighted by molar-refractivity contribution is -0.265. The van der Waals surface area contributed by atoms with E-state index in [1.54, 1.807) is 23.0 Å². The minimum absolute atomic E-state index is 0.00260. The van der Waals surface area contributed by atoms with Crippen molar-refractivity contribution in [2.45, 2.75) is 43.0 Å². The van der Waals surface area contributed by atoms with Gasteiger partial charge in [-0.2, -0.15) is 18.3 Å². The molecule has 15 heteroatoms. The molecule has 1 saturated carbocycles. The number of fused-ring (bicyclic) bond motifs is 3. The molecular weight excluding hydrogens is 623 g/mol. The number of alkyl halides is 3. The van der Waals surface area contributed by atoms with Crippen LogP contribution in [-0.4, -0.2) is 71.3 Å². The molecule has 2 amide bonds. The number of nitrogens with one attached hydrogen (secondary N) is 1. The van der Waals surface area contributed by atoms with Gasteiger partial charge < -0.3 is 35.1 Å². The number of ether oxygens (including phenoxy) is 4. The summed E-state index contributed by atoms with van der Waals surface area (Å²) in [5, 5.41) is 18.7. The third-order valence-electron chi connectivity index (χ3n) is 8.82. The van der Waals surface area contributed by atoms with E-state index in [0.29, 0.717) is 29.0 Å². The van der Waals surface area contributed by atoms with E-state index in [-0.39, 0.29) is 53.1 Å². The summed E-state index contributed by atoms with van der Waals surface area (Å²) >= 11 is 0. The molecule has 1 aliphatic carbocycles. The molecule has 7 rings (SSSR count). The second-order valence-electron chi connectivity index (χ2n) is 12.1. The second kappa shape index (κ2) is 10.8. The van der Waals surface area contributed by atoms with Crippen molar-refractivity contribution < 1.29 is 46.8 Å². The van der Waals surface area contributed by atoms with Gasteiger partial charge in [0.25, 0.3) is 5.91 Å². The number of aliphatic hydroxyl groups is 1. The molecule has 4 heterocycles. The lowest BCUT2D eigenvalue weighted by Crippen LogP contribution is -2.51. The van der Waals surface area contributed by atoms with E-state index in [0.717, 1.165) is 18.9 Å². The maximum atomic E-state index is 14.9. The molecule has 246 valence electrons. The number of hydrogen-bond acceptors (Lipinski definition) is 9. The summed E-state index contributed by atoms with van der Waals surface area (Å²) in [7, 11) is 1.40. The van der Waals surface area contributed by atoms with E-state index in [9.17, 15) is 27.9 Å². The number of pyridine rings is 1. The van der Waals surface area contributed by atoms with Crippen molar-refractivity contribution in [1.82, 2.24) is 20.1 Å². The smallest absolute Gasteiger partial charge is 0.424 e. The summed E-state index contributed by atoms with van der Waals surface area (Å²) in [6, 6.07) is 8.71. The lowest BCUT2D eigenvalue weighted by Gasteiger charge is -2.31. The van der Waals surface area contributed by atoms with Crippen LogP contribution in [-0.2, 0) is 15.8 Å². The van der Waals surface area contributed by atoms with Gasteiger partial charge in [-0.1, -0.05) is 0 Å². The maximum absolute atomic E-state index is 14.9. The number of carbonyl (C=O) groups excluding carboxylic acids is 2. The van der Waals surface area contributed by atoms with Gasteiger partial charge in [0.15, 0.2) is 11.5 Å². The topological polar surface area (TPSA) is 160 Å². The molecule has 0 unspecified atom stereocenters. The number of primary amides is 1. The van der Waals surface area contributed by atoms with Crippen molar-refractivity contribution in [3.8, 4) is 34.3 Å². The molecule has 1 fully saturated rings. The highest BCUT2D eigenvalue weighted by atomic mass is 19.4. The Morgan fingerprint density at radius 3 is 2.55 bits per heavy atom. The van der Waals surface area contributed by atoms with Crippen molar-refractivity contribution in [3.63, 3.8) is 0 Å². The largest absolute Gasteiger partial charge is 0.494 e. The van der Waals surface area contributed by atoms with E-state index in [4.69, 9.17) is 24.7 Å². The van der Waals surface area contributed by atoms with Crippen LogP contribution in [0.3, 0.4) is 0 Å². The van der Waals surface area contributed by atoms with E-state index < -0.39 is 41.2 Å². The Morgan fingerprint density at radius 1 is 1.13 bits per heavy atom. The number of benzene rings is 2. The van der Waals surface area contributed by atoms with Crippen LogP contribution in [0.1, 0.15) is 47.4 Å². The number of nitrogens with zero attached hydrogens (tertiary/aromatic N) is 3. The van der Waals surface area contributed by atoms with Gasteiger partial charge in [-0.3, -0.25) is 14.3 Å². The van der Waals surface area contributed by atoms with Crippen molar-refractivity contribution in [3.05, 3.63) is 59.4 Å². The standard InChI is InChI=1S/C32H30F3N5O7/c1-30(29(36)42)15-47-27-20(30)12-24(38-26(27)16-3-6-21-22(10-16)46-8-7-45-21)31(43,32(33,34)35)14-37-28(41)17-9-18-13-40(19-4-5-19)39-25(18)23(11-17)44-2/h3,6,9-13,19,43H,4-5,7-8,14-15H2,1-2H3,(H2,36,42)(H,37,41)/t30-,31-/m0/s1. The van der Waals surface area contributed by atoms with E-state index in [1.807, 2.05) is 0 Å². The van der Waals surface area contributed by atoms with Crippen LogP contribution in [0.5, 0.6) is 23.0 Å². The quantitative estimate of drug-likeness (QED) is 0.259. The van der Waals surface area contributed by atoms with Gasteiger partial charge in [-0.15, -0.1) is 0 Å². The van der Waals surface area contributed by atoms with Crippen LogP contribution < -0.4 is 30.0 Å². The third kappa shape index (κ3) is 5.05. The number of halogens is 3. The van der Waals surface area contributed by atoms with Crippen LogP contribution in [0.25, 0.3) is 22.2 Å². The molecule has 2 atom stereocenters. The number of carbonyl (C=O) groups is 2. The normalized spacial score (nSPS) is 19.9. The minimum atomic E-state index is -5.33. The van der Waals surface area contributed by atoms with Gasteiger partial charge >= 0.3 is 6.18 Å². The molecular formula is C32H30F3N5O7. The van der Waals surface area contributed by atoms with E-state index in [2.05, 4.69) is 15.4 Å². The average molecular weight is 654 g/mol. The highest BCUT2D eigenvalue weighted by Gasteiger charge is 2.57. The van der Waals surface area contributed by atoms with Gasteiger partial charge in [0.1, 0.15) is 47.9 Å². The Kier molecular flexibility index (Phi) is 7.00. The number of methoxy groups -OCH3 is 1. The summed E-state index contributed by atoms with van der Waals surface area (Å²) in [5.74, 6) is -0.676. The molecule has 0 saturated heterocycles. The number of amides is 2. The Labute approximate surface area is 265 Å². The molecule has 0 radical (unpaired) electrons. The third-order valence-corrected chi connectivity index (χ3v) is 8.82. The Bertz CT molecular complexity index is 1940. The zero-order chi connectivity index (χ0) is 33.3. The number of rotatable bonds is 8. The van der Waals surface area contributed by atoms with Crippen LogP contribution in [0.15, 0.2) is 42.6 Å². The van der Waals surface area contributed by atoms with Gasteiger partial charge in [0.2, 0.25) is 11.5 Å². The number of hydrogen-bond donors (Lipinski definition) is 3. The summed E-state index contributed by atoms with van der Waals surface area (Å²) in [5.41, 5.74) is 0.291. The fourth-order valence-corrected chi connectivity index (χ4v) is 5.77. The van der Waals surface area contributed by atoms with Crippen LogP contribution in [0.4, 0.5) is 13.2 Å². The van der Waals surface area contributed by atoms with Gasteiger partial charge in [-0.25, -0.2) is 4.98 Å². The number of aromatic nitrogens is 3. The van der Waals surface area contributed by atoms with Gasteiger partial charge in [0.05, 0.1) is 25.4 Å². The molecule has 3 aliphatic rings. The van der Waals surface area contributed by atoms with Crippen molar-refractivity contribution in [2.24, 2.45) is 5.73 Å². The fraction of sp³-hybridized carbons (Fsp3) is 0.375. The van der Waals surface area contributed by atoms with E-state index >= 15 is 0 Å². The molecule has 2 aromatic heterocycles. The molecule has 12 nitrogen and oxygen atoms in total. The Balaban J connectivity index is 1.28. The molecule has 47 heavy (non-hydrogen) atoms. The van der Waals surface area contributed by atoms with Crippen LogP contribution in [0, 0.1) is 0 Å². The lowest BCUT2D eigenvalue weighted by atomic mass is 9.81. The molecule has 4 N–H and O–H groups in total. The maximum Gasteiger partial charge on any atom is 0.424 e. The molecule has 0 bridgehead atoms. The van der Waals surface area contributed by atoms with Crippen molar-refractivity contribution in [1.29, 1.82) is 0 Å². The molecule has 0 spiro atoms. The predicted molar refractivity (Wildman–Crippen MR) is 160 cm³/mol. The molecule has 2 aromatic carbocycles. The Hall–Kier alpha value is -5.05. The summed E-state index contributed by atoms with van der Waals surface area (Å²) in [4.78, 5) is 30.1. The van der Waals surface area contributed by atoms with Crippen LogP contribution in [0.2, 0.25) is 0 Å². The summed E-state index contributed by atoms with van der Waals surface area (Å²) < 4.78 is 68.8. The first kappa shape index (κ1) is 30.6. The predicted octanol–water partition coefficient (Wildman–Crippen LogP) is 3.53.